The molecule has 0 aliphatic rings. The van der Waals surface area contributed by atoms with Crippen molar-refractivity contribution in [2.24, 2.45) is 0 Å². The Hall–Kier alpha value is -3.84. The molecule has 0 saturated heterocycles. The van der Waals surface area contributed by atoms with E-state index in [1.54, 1.807) is 18.5 Å². The van der Waals surface area contributed by atoms with E-state index in [9.17, 15) is 5.26 Å². The summed E-state index contributed by atoms with van der Waals surface area (Å²) in [6.45, 7) is 1.91. The number of aromatic nitrogens is 6. The Morgan fingerprint density at radius 1 is 1.29 bits per heavy atom. The van der Waals surface area contributed by atoms with Crippen LogP contribution in [0.1, 0.15) is 24.1 Å². The number of nitrogen functional groups attached to an aromatic ring is 2. The lowest BCUT2D eigenvalue weighted by Crippen LogP contribution is -2.13. The first-order valence-electron chi connectivity index (χ1n) is 8.24. The lowest BCUT2D eigenvalue weighted by Gasteiger charge is -2.16. The second-order valence-corrected chi connectivity index (χ2v) is 6.46. The van der Waals surface area contributed by atoms with Crippen molar-refractivity contribution in [3.8, 4) is 11.9 Å². The Balaban J connectivity index is 1.83. The third kappa shape index (κ3) is 2.83. The SMILES string of the molecule is CC(Nc1nc(N)nc(N)c1C#N)c1cn(-c2ccn[nH]2)c2nccc(Cl)c12. The molecular formula is C17H15ClN10. The van der Waals surface area contributed by atoms with Crippen molar-refractivity contribution in [3.63, 3.8) is 0 Å². The highest BCUT2D eigenvalue weighted by atomic mass is 35.5. The summed E-state index contributed by atoms with van der Waals surface area (Å²) in [5.41, 5.74) is 13.1. The van der Waals surface area contributed by atoms with Crippen LogP contribution in [0.25, 0.3) is 16.9 Å². The molecule has 1 atom stereocenters. The van der Waals surface area contributed by atoms with Crippen LogP contribution in [0.2, 0.25) is 5.02 Å². The standard InChI is InChI=1S/C17H15ClN10/c1-8(24-15-9(6-19)14(20)25-17(21)26-15)10-7-28(12-3-5-23-27-12)16-13(10)11(18)2-4-22-16/h2-5,7-8H,1H3,(H,23,27)(H5,20,21,24,25,26). The predicted octanol–water partition coefficient (Wildman–Crippen LogP) is 2.40. The number of hydrogen-bond acceptors (Lipinski definition) is 8. The fourth-order valence-electron chi connectivity index (χ4n) is 3.03. The zero-order chi connectivity index (χ0) is 19.8. The Labute approximate surface area is 164 Å². The van der Waals surface area contributed by atoms with E-state index in [2.05, 4.69) is 30.5 Å². The molecular weight excluding hydrogens is 380 g/mol. The van der Waals surface area contributed by atoms with Gasteiger partial charge in [0.05, 0.1) is 17.3 Å². The van der Waals surface area contributed by atoms with Crippen LogP contribution >= 0.6 is 11.6 Å². The molecule has 28 heavy (non-hydrogen) atoms. The minimum atomic E-state index is -0.297. The maximum atomic E-state index is 9.38. The van der Waals surface area contributed by atoms with E-state index in [0.717, 1.165) is 16.8 Å². The van der Waals surface area contributed by atoms with Crippen LogP contribution in [0.5, 0.6) is 0 Å². The summed E-state index contributed by atoms with van der Waals surface area (Å²) in [7, 11) is 0. The zero-order valence-electron chi connectivity index (χ0n) is 14.7. The molecule has 4 heterocycles. The van der Waals surface area contributed by atoms with Gasteiger partial charge in [-0.25, -0.2) is 4.98 Å². The van der Waals surface area contributed by atoms with Gasteiger partial charge in [-0.05, 0) is 13.0 Å². The van der Waals surface area contributed by atoms with Gasteiger partial charge in [0, 0.05) is 29.4 Å². The second-order valence-electron chi connectivity index (χ2n) is 6.06. The van der Waals surface area contributed by atoms with Crippen LogP contribution in [0.15, 0.2) is 30.7 Å². The van der Waals surface area contributed by atoms with Gasteiger partial charge in [-0.2, -0.15) is 20.3 Å². The number of H-pyrrole nitrogens is 1. The van der Waals surface area contributed by atoms with Gasteiger partial charge in [0.25, 0.3) is 0 Å². The molecule has 0 bridgehead atoms. The molecule has 4 rings (SSSR count). The predicted molar refractivity (Wildman–Crippen MR) is 106 cm³/mol. The summed E-state index contributed by atoms with van der Waals surface area (Å²) in [5.74, 6) is 0.990. The quantitative estimate of drug-likeness (QED) is 0.410. The van der Waals surface area contributed by atoms with E-state index in [1.807, 2.05) is 29.8 Å². The summed E-state index contributed by atoms with van der Waals surface area (Å²) < 4.78 is 1.86. The molecule has 0 aromatic carbocycles. The minimum absolute atomic E-state index is 0.0179. The molecule has 0 amide bonds. The molecule has 0 aliphatic carbocycles. The van der Waals surface area contributed by atoms with E-state index < -0.39 is 0 Å². The largest absolute Gasteiger partial charge is 0.382 e. The van der Waals surface area contributed by atoms with Crippen molar-refractivity contribution in [3.05, 3.63) is 46.9 Å². The first-order valence-corrected chi connectivity index (χ1v) is 8.62. The van der Waals surface area contributed by atoms with Gasteiger partial charge in [0.1, 0.15) is 28.9 Å². The Bertz CT molecular complexity index is 1210. The molecule has 140 valence electrons. The summed E-state index contributed by atoms with van der Waals surface area (Å²) >= 11 is 6.47. The molecule has 11 heteroatoms. The molecule has 10 nitrogen and oxygen atoms in total. The first kappa shape index (κ1) is 17.6. The molecule has 4 aromatic heterocycles. The molecule has 0 radical (unpaired) electrons. The summed E-state index contributed by atoms with van der Waals surface area (Å²) in [5, 5.41) is 20.8. The van der Waals surface area contributed by atoms with Gasteiger partial charge in [-0.3, -0.25) is 9.67 Å². The van der Waals surface area contributed by atoms with Crippen molar-refractivity contribution in [1.29, 1.82) is 5.26 Å². The normalized spacial score (nSPS) is 12.0. The van der Waals surface area contributed by atoms with Crippen LogP contribution in [-0.2, 0) is 0 Å². The third-order valence-electron chi connectivity index (χ3n) is 4.30. The molecule has 0 spiro atoms. The number of nitrogens with two attached hydrogens (primary N) is 2. The van der Waals surface area contributed by atoms with Crippen molar-refractivity contribution in [2.45, 2.75) is 13.0 Å². The summed E-state index contributed by atoms with van der Waals surface area (Å²) in [6.07, 6.45) is 5.19. The van der Waals surface area contributed by atoms with E-state index >= 15 is 0 Å². The number of rotatable bonds is 4. The van der Waals surface area contributed by atoms with Crippen LogP contribution < -0.4 is 16.8 Å². The highest BCUT2D eigenvalue weighted by molar-refractivity contribution is 6.35. The topological polar surface area (TPSA) is 160 Å². The van der Waals surface area contributed by atoms with Crippen LogP contribution in [0.3, 0.4) is 0 Å². The fraction of sp³-hybridized carbons (Fsp3) is 0.118. The van der Waals surface area contributed by atoms with Gasteiger partial charge in [0.15, 0.2) is 5.82 Å². The smallest absolute Gasteiger partial charge is 0.224 e. The summed E-state index contributed by atoms with van der Waals surface area (Å²) in [4.78, 5) is 12.4. The molecule has 0 aliphatic heterocycles. The Kier molecular flexibility index (Phi) is 4.21. The fourth-order valence-corrected chi connectivity index (χ4v) is 3.28. The van der Waals surface area contributed by atoms with Gasteiger partial charge in [-0.15, -0.1) is 0 Å². The van der Waals surface area contributed by atoms with Crippen molar-refractivity contribution >= 4 is 40.2 Å². The number of nitriles is 1. The number of nitrogens with one attached hydrogen (secondary N) is 2. The first-order chi connectivity index (χ1) is 13.5. The monoisotopic (exact) mass is 394 g/mol. The third-order valence-corrected chi connectivity index (χ3v) is 4.61. The Morgan fingerprint density at radius 3 is 2.82 bits per heavy atom. The van der Waals surface area contributed by atoms with Crippen LogP contribution in [-0.4, -0.2) is 29.7 Å². The highest BCUT2D eigenvalue weighted by Gasteiger charge is 2.21. The second kappa shape index (κ2) is 6.71. The van der Waals surface area contributed by atoms with E-state index in [1.165, 1.54) is 0 Å². The lowest BCUT2D eigenvalue weighted by atomic mass is 10.1. The lowest BCUT2D eigenvalue weighted by molar-refractivity contribution is 0.871. The number of aromatic amines is 1. The van der Waals surface area contributed by atoms with Crippen molar-refractivity contribution < 1.29 is 0 Å². The number of nitrogens with zero attached hydrogens (tertiary/aromatic N) is 6. The Morgan fingerprint density at radius 2 is 2.11 bits per heavy atom. The highest BCUT2D eigenvalue weighted by Crippen LogP contribution is 2.34. The van der Waals surface area contributed by atoms with Crippen molar-refractivity contribution in [2.75, 3.05) is 16.8 Å². The van der Waals surface area contributed by atoms with Crippen molar-refractivity contribution in [1.82, 2.24) is 29.7 Å². The number of pyridine rings is 1. The van der Waals surface area contributed by atoms with Crippen LogP contribution in [0.4, 0.5) is 17.6 Å². The summed E-state index contributed by atoms with van der Waals surface area (Å²) in [6, 6.07) is 5.25. The van der Waals surface area contributed by atoms with Gasteiger partial charge in [-0.1, -0.05) is 11.6 Å². The van der Waals surface area contributed by atoms with E-state index in [4.69, 9.17) is 23.1 Å². The maximum Gasteiger partial charge on any atom is 0.224 e. The average molecular weight is 395 g/mol. The van der Waals surface area contributed by atoms with Gasteiger partial charge >= 0.3 is 0 Å². The average Bonchev–Trinajstić information content (AvgIpc) is 3.29. The van der Waals surface area contributed by atoms with Gasteiger partial charge in [0.2, 0.25) is 5.95 Å². The molecule has 1 unspecified atom stereocenters. The number of halogens is 1. The number of anilines is 3. The van der Waals surface area contributed by atoms with E-state index in [-0.39, 0.29) is 29.2 Å². The maximum absolute atomic E-state index is 9.38. The van der Waals surface area contributed by atoms with Crippen LogP contribution in [0, 0.1) is 11.3 Å². The molecule has 4 aromatic rings. The molecule has 0 saturated carbocycles. The number of fused-ring (bicyclic) bond motifs is 1. The van der Waals surface area contributed by atoms with Gasteiger partial charge < -0.3 is 16.8 Å². The molecule has 6 N–H and O–H groups in total. The minimum Gasteiger partial charge on any atom is -0.382 e. The molecule has 0 fully saturated rings. The zero-order valence-corrected chi connectivity index (χ0v) is 15.4. The number of hydrogen-bond donors (Lipinski definition) is 4. The van der Waals surface area contributed by atoms with E-state index in [0.29, 0.717) is 10.7 Å².